The first-order valence-electron chi connectivity index (χ1n) is 12.2. The molecule has 0 N–H and O–H groups in total. The Kier molecular flexibility index (Phi) is 6.98. The highest BCUT2D eigenvalue weighted by molar-refractivity contribution is 7.99. The van der Waals surface area contributed by atoms with Gasteiger partial charge < -0.3 is 19.1 Å². The second kappa shape index (κ2) is 9.93. The van der Waals surface area contributed by atoms with Crippen LogP contribution in [0.2, 0.25) is 10.0 Å². The van der Waals surface area contributed by atoms with E-state index in [-0.39, 0.29) is 24.1 Å². The molecule has 2 saturated heterocycles. The zero-order chi connectivity index (χ0) is 26.5. The molecule has 9 heteroatoms. The van der Waals surface area contributed by atoms with Gasteiger partial charge in [-0.05, 0) is 69.2 Å². The molecule has 2 aliphatic rings. The van der Waals surface area contributed by atoms with Gasteiger partial charge in [-0.2, -0.15) is 0 Å². The summed E-state index contributed by atoms with van der Waals surface area (Å²) in [6, 6.07) is 12.2. The third-order valence-electron chi connectivity index (χ3n) is 6.72. The van der Waals surface area contributed by atoms with E-state index >= 15 is 0 Å². The second-order valence-corrected chi connectivity index (χ2v) is 12.4. The highest BCUT2D eigenvalue weighted by Gasteiger charge is 2.47. The summed E-state index contributed by atoms with van der Waals surface area (Å²) in [6.07, 6.45) is 5.73. The topological polar surface area (TPSA) is 54.8 Å². The highest BCUT2D eigenvalue weighted by atomic mass is 35.5. The molecule has 0 saturated carbocycles. The number of hydrogen-bond donors (Lipinski definition) is 0. The number of piperazine rings is 1. The average molecular weight is 559 g/mol. The van der Waals surface area contributed by atoms with Crippen molar-refractivity contribution >= 4 is 63.9 Å². The third-order valence-corrected chi connectivity index (χ3v) is 8.78. The smallest absolute Gasteiger partial charge is 0.410 e. The third kappa shape index (κ3) is 5.35. The van der Waals surface area contributed by atoms with Gasteiger partial charge in [-0.1, -0.05) is 41.0 Å². The monoisotopic (exact) mass is 557 g/mol. The maximum absolute atomic E-state index is 12.9. The first kappa shape index (κ1) is 26.0. The molecule has 2 amide bonds. The molecular weight excluding hydrogens is 529 g/mol. The van der Waals surface area contributed by atoms with Gasteiger partial charge in [0.05, 0.1) is 22.1 Å². The van der Waals surface area contributed by atoms with Crippen LogP contribution in [0.4, 0.5) is 4.79 Å². The molecule has 2 bridgehead atoms. The summed E-state index contributed by atoms with van der Waals surface area (Å²) in [5.74, 6) is -0.0989. The molecule has 194 valence electrons. The molecule has 2 aromatic carbocycles. The number of carbonyl (C=O) groups excluding carboxylic acids is 2. The zero-order valence-corrected chi connectivity index (χ0v) is 23.5. The fourth-order valence-corrected chi connectivity index (χ4v) is 6.42. The molecule has 1 aromatic heterocycles. The van der Waals surface area contributed by atoms with E-state index in [2.05, 4.69) is 28.8 Å². The predicted molar refractivity (Wildman–Crippen MR) is 149 cm³/mol. The number of benzene rings is 2. The quantitative estimate of drug-likeness (QED) is 0.328. The van der Waals surface area contributed by atoms with Crippen molar-refractivity contribution in [3.63, 3.8) is 0 Å². The number of rotatable bonds is 4. The van der Waals surface area contributed by atoms with Crippen molar-refractivity contribution in [3.8, 4) is 0 Å². The van der Waals surface area contributed by atoms with Crippen LogP contribution in [0.5, 0.6) is 0 Å². The summed E-state index contributed by atoms with van der Waals surface area (Å²) in [5, 5.41) is 2.04. The molecule has 3 heterocycles. The fourth-order valence-electron chi connectivity index (χ4n) is 4.94. The fraction of sp³-hybridized carbons (Fsp3) is 0.357. The number of hydrogen-bond acceptors (Lipinski definition) is 4. The van der Waals surface area contributed by atoms with Crippen molar-refractivity contribution in [1.82, 2.24) is 14.4 Å². The van der Waals surface area contributed by atoms with E-state index in [1.165, 1.54) is 11.6 Å². The minimum absolute atomic E-state index is 0.00513. The molecule has 3 aromatic rings. The Hall–Kier alpha value is -2.61. The van der Waals surface area contributed by atoms with Gasteiger partial charge in [-0.3, -0.25) is 4.79 Å². The normalized spacial score (nSPS) is 19.4. The first-order chi connectivity index (χ1) is 17.5. The van der Waals surface area contributed by atoms with E-state index in [0.717, 1.165) is 21.6 Å². The Labute approximate surface area is 231 Å². The minimum Gasteiger partial charge on any atom is -0.444 e. The number of halogens is 2. The lowest BCUT2D eigenvalue weighted by atomic mass is 10.2. The Morgan fingerprint density at radius 1 is 1.03 bits per heavy atom. The number of aryl methyl sites for hydroxylation is 1. The van der Waals surface area contributed by atoms with Gasteiger partial charge in [0.25, 0.3) is 0 Å². The van der Waals surface area contributed by atoms with Crippen molar-refractivity contribution < 1.29 is 14.3 Å². The minimum atomic E-state index is -0.540. The molecule has 0 spiro atoms. The lowest BCUT2D eigenvalue weighted by Crippen LogP contribution is -2.51. The van der Waals surface area contributed by atoms with Crippen molar-refractivity contribution in [1.29, 1.82) is 0 Å². The SMILES string of the molecule is Cn1ccc2cc(Sc3ccc(/C=C/C(=O)N4C[C@@H]5C[C@H]4CN5C(=O)OC(C)(C)C)c(Cl)c3Cl)ccc21. The van der Waals surface area contributed by atoms with Crippen LogP contribution in [0.1, 0.15) is 32.8 Å². The van der Waals surface area contributed by atoms with Gasteiger partial charge in [-0.15, -0.1) is 0 Å². The van der Waals surface area contributed by atoms with Gasteiger partial charge in [0.2, 0.25) is 5.91 Å². The van der Waals surface area contributed by atoms with Gasteiger partial charge in [0.1, 0.15) is 5.60 Å². The van der Waals surface area contributed by atoms with Crippen LogP contribution in [0, 0.1) is 0 Å². The van der Waals surface area contributed by atoms with Crippen LogP contribution in [-0.4, -0.2) is 57.1 Å². The van der Waals surface area contributed by atoms with Crippen LogP contribution in [0.25, 0.3) is 17.0 Å². The molecule has 37 heavy (non-hydrogen) atoms. The van der Waals surface area contributed by atoms with Crippen LogP contribution < -0.4 is 0 Å². The Balaban J connectivity index is 1.23. The predicted octanol–water partition coefficient (Wildman–Crippen LogP) is 6.87. The average Bonchev–Trinajstić information content (AvgIpc) is 3.55. The Bertz CT molecular complexity index is 1410. The van der Waals surface area contributed by atoms with Crippen molar-refractivity contribution in [3.05, 3.63) is 64.3 Å². The summed E-state index contributed by atoms with van der Waals surface area (Å²) in [5.41, 5.74) is 1.31. The van der Waals surface area contributed by atoms with Crippen molar-refractivity contribution in [2.75, 3.05) is 13.1 Å². The zero-order valence-electron chi connectivity index (χ0n) is 21.2. The van der Waals surface area contributed by atoms with Gasteiger partial charge in [0, 0.05) is 53.1 Å². The number of amides is 2. The van der Waals surface area contributed by atoms with E-state index in [9.17, 15) is 9.59 Å². The standard InChI is InChI=1S/C28H29Cl2N3O3S/c1-28(2,3)36-27(35)33-16-19-14-20(33)15-32(19)24(34)10-6-17-5-9-23(26(30)25(17)29)37-21-7-8-22-18(13-21)11-12-31(22)4/h5-13,19-20H,14-16H2,1-4H3/b10-6+/t19-,20-/m0/s1. The number of aromatic nitrogens is 1. The number of ether oxygens (including phenoxy) is 1. The van der Waals surface area contributed by atoms with Crippen LogP contribution in [0.15, 0.2) is 58.5 Å². The summed E-state index contributed by atoms with van der Waals surface area (Å²) >= 11 is 14.8. The Morgan fingerprint density at radius 2 is 1.76 bits per heavy atom. The van der Waals surface area contributed by atoms with Crippen molar-refractivity contribution in [2.24, 2.45) is 7.05 Å². The molecule has 2 aliphatic heterocycles. The molecule has 2 fully saturated rings. The molecule has 0 aliphatic carbocycles. The van der Waals surface area contributed by atoms with Crippen LogP contribution >= 0.6 is 35.0 Å². The number of likely N-dealkylation sites (tertiary alicyclic amines) is 2. The van der Waals surface area contributed by atoms with Crippen LogP contribution in [-0.2, 0) is 16.6 Å². The van der Waals surface area contributed by atoms with E-state index < -0.39 is 5.60 Å². The first-order valence-corrected chi connectivity index (χ1v) is 13.8. The number of fused-ring (bicyclic) bond motifs is 3. The van der Waals surface area contributed by atoms with Crippen molar-refractivity contribution in [2.45, 2.75) is 54.7 Å². The maximum atomic E-state index is 12.9. The maximum Gasteiger partial charge on any atom is 0.410 e. The highest BCUT2D eigenvalue weighted by Crippen LogP contribution is 2.40. The van der Waals surface area contributed by atoms with E-state index in [0.29, 0.717) is 28.7 Å². The van der Waals surface area contributed by atoms with E-state index in [4.69, 9.17) is 27.9 Å². The summed E-state index contributed by atoms with van der Waals surface area (Å²) in [7, 11) is 2.02. The van der Waals surface area contributed by atoms with Gasteiger partial charge >= 0.3 is 6.09 Å². The lowest BCUT2D eigenvalue weighted by molar-refractivity contribution is -0.128. The van der Waals surface area contributed by atoms with E-state index in [1.54, 1.807) is 22.7 Å². The molecule has 0 radical (unpaired) electrons. The van der Waals surface area contributed by atoms with Gasteiger partial charge in [-0.25, -0.2) is 4.79 Å². The molecular formula is C28H29Cl2N3O3S. The largest absolute Gasteiger partial charge is 0.444 e. The number of carbonyl (C=O) groups is 2. The molecule has 2 atom stereocenters. The van der Waals surface area contributed by atoms with Gasteiger partial charge in [0.15, 0.2) is 0 Å². The van der Waals surface area contributed by atoms with Crippen LogP contribution in [0.3, 0.4) is 0 Å². The second-order valence-electron chi connectivity index (χ2n) is 10.5. The summed E-state index contributed by atoms with van der Waals surface area (Å²) in [6.45, 7) is 6.55. The summed E-state index contributed by atoms with van der Waals surface area (Å²) < 4.78 is 7.59. The molecule has 5 rings (SSSR count). The van der Waals surface area contributed by atoms with E-state index in [1.807, 2.05) is 51.0 Å². The lowest BCUT2D eigenvalue weighted by Gasteiger charge is -2.34. The molecule has 6 nitrogen and oxygen atoms in total. The summed E-state index contributed by atoms with van der Waals surface area (Å²) in [4.78, 5) is 30.9. The number of nitrogens with zero attached hydrogens (tertiary/aromatic N) is 3. The molecule has 0 unspecified atom stereocenters. The Morgan fingerprint density at radius 3 is 2.46 bits per heavy atom.